The van der Waals surface area contributed by atoms with Crippen LogP contribution in [-0.2, 0) is 46.5 Å². The van der Waals surface area contributed by atoms with Crippen molar-refractivity contribution in [2.75, 3.05) is 43.4 Å². The normalized spacial score (nSPS) is 23.1. The number of quaternary nitrogens is 1. The molecule has 0 radical (unpaired) electrons. The highest BCUT2D eigenvalue weighted by atomic mass is 127. The van der Waals surface area contributed by atoms with E-state index in [1.54, 1.807) is 32.9 Å². The topological polar surface area (TPSA) is 290 Å². The molecule has 22 heteroatoms. The molecule has 1 aromatic carbocycles. The summed E-state index contributed by atoms with van der Waals surface area (Å²) >= 11 is 2.31. The second kappa shape index (κ2) is 29.9. The van der Waals surface area contributed by atoms with Gasteiger partial charge in [-0.05, 0) is 75.8 Å². The third-order valence-electron chi connectivity index (χ3n) is 16.7. The molecular weight excluding hydrogens is 1140 g/mol. The van der Waals surface area contributed by atoms with E-state index < -0.39 is 76.3 Å². The number of imidazole rings is 1. The Bertz CT molecular complexity index is 2540. The van der Waals surface area contributed by atoms with E-state index in [9.17, 15) is 44.1 Å². The van der Waals surface area contributed by atoms with Crippen LogP contribution in [0.25, 0.3) is 11.2 Å². The van der Waals surface area contributed by atoms with Gasteiger partial charge in [-0.3, -0.25) is 33.7 Å². The number of ether oxygens (including phenoxy) is 1. The van der Waals surface area contributed by atoms with Gasteiger partial charge in [0.15, 0.2) is 24.2 Å². The van der Waals surface area contributed by atoms with Crippen LogP contribution in [0, 0.1) is 23.7 Å². The average molecular weight is 1230 g/mol. The minimum Gasteiger partial charge on any atom is -0.394 e. The number of benzene rings is 1. The zero-order chi connectivity index (χ0) is 58.3. The lowest BCUT2D eigenvalue weighted by Crippen LogP contribution is -2.67. The molecule has 3 saturated heterocycles. The summed E-state index contributed by atoms with van der Waals surface area (Å²) in [5.74, 6) is -1.20. The highest BCUT2D eigenvalue weighted by Crippen LogP contribution is 2.41. The molecule has 0 spiro atoms. The predicted molar refractivity (Wildman–Crippen MR) is 314 cm³/mol. The van der Waals surface area contributed by atoms with Crippen molar-refractivity contribution in [1.29, 1.82) is 0 Å². The van der Waals surface area contributed by atoms with Crippen molar-refractivity contribution < 1.29 is 53.3 Å². The molecule has 21 nitrogen and oxygen atoms in total. The van der Waals surface area contributed by atoms with E-state index in [4.69, 9.17) is 4.74 Å². The number of piperidine rings is 1. The second-order valence-electron chi connectivity index (χ2n) is 23.5. The van der Waals surface area contributed by atoms with E-state index in [1.165, 1.54) is 30.5 Å². The van der Waals surface area contributed by atoms with Crippen LogP contribution in [0.2, 0.25) is 0 Å². The summed E-state index contributed by atoms with van der Waals surface area (Å²) < 4.78 is 6.15. The number of carbonyl (C=O) groups excluding carboxylic acids is 6. The van der Waals surface area contributed by atoms with Gasteiger partial charge in [-0.25, -0.2) is 15.0 Å². The number of aromatic amines is 1. The van der Waals surface area contributed by atoms with Crippen molar-refractivity contribution >= 4 is 80.7 Å². The van der Waals surface area contributed by atoms with E-state index in [2.05, 4.69) is 96.8 Å². The lowest BCUT2D eigenvalue weighted by molar-refractivity contribution is -0.938. The summed E-state index contributed by atoms with van der Waals surface area (Å²) in [6.45, 7) is 17.2. The van der Waals surface area contributed by atoms with Crippen LogP contribution in [-0.4, -0.2) is 159 Å². The van der Waals surface area contributed by atoms with Crippen LogP contribution in [0.1, 0.15) is 157 Å². The number of carbonyl (C=O) groups is 6. The highest BCUT2D eigenvalue weighted by Gasteiger charge is 2.48. The predicted octanol–water partition coefficient (Wildman–Crippen LogP) is 5.80. The Morgan fingerprint density at radius 2 is 1.62 bits per heavy atom. The van der Waals surface area contributed by atoms with E-state index in [1.807, 2.05) is 19.1 Å². The number of imide groups is 1. The van der Waals surface area contributed by atoms with Crippen LogP contribution >= 0.6 is 22.6 Å². The molecule has 10 atom stereocenters. The van der Waals surface area contributed by atoms with E-state index in [0.717, 1.165) is 88.7 Å². The first kappa shape index (κ1) is 64.3. The van der Waals surface area contributed by atoms with Crippen molar-refractivity contribution in [1.82, 2.24) is 40.8 Å². The van der Waals surface area contributed by atoms with E-state index >= 15 is 0 Å². The molecule has 9 N–H and O–H groups in total. The Morgan fingerprint density at radius 1 is 0.912 bits per heavy atom. The third kappa shape index (κ3) is 17.3. The molecule has 0 saturated carbocycles. The Labute approximate surface area is 485 Å². The van der Waals surface area contributed by atoms with Gasteiger partial charge in [-0.2, -0.15) is 0 Å². The summed E-state index contributed by atoms with van der Waals surface area (Å²) in [6.07, 6.45) is 9.35. The molecule has 3 aliphatic rings. The first-order valence-corrected chi connectivity index (χ1v) is 30.4. The number of nitrogens with zero attached hydrogens (tertiary/aromatic N) is 5. The molecule has 6 amide bonds. The van der Waals surface area contributed by atoms with Crippen LogP contribution in [0.15, 0.2) is 30.6 Å². The fourth-order valence-corrected chi connectivity index (χ4v) is 12.3. The fraction of sp³-hybridized carbons (Fsp3) is 0.707. The summed E-state index contributed by atoms with van der Waals surface area (Å²) in [4.78, 5) is 98.5. The number of nitrogens with one attached hydrogen (secondary N) is 6. The standard InChI is InChI=1S/C58H90IN11O10/c1-9-12-13-15-18-36(6)29-43-64-49-52(65-43)60-34-61-53(49)68-56-51(76)50(75)48(42(33-71)80-56)67-45(73)32-70(27-16-14-17-28-70)31-39-19-21-40(22-20-39)63-54(77)37(7)62-55(78)47(35(4)5)66-44(72)24-26-69-46(74)30-41(57(69)79)58(8,59)25-23-38(10-2)11-3/h19-22,34-38,41-42,47-48,50-51,56,71,75-76H,9-18,23-33H2,1-8H3,(H5-,60,61,62,63,64,65,66,67,68,72,73,77,78)/p+1/t36?,37-,41?,42-,47-,48-,50+,51-,56-,58?/m0/s1. The molecule has 5 heterocycles. The Morgan fingerprint density at radius 3 is 2.29 bits per heavy atom. The number of hydrogen-bond donors (Lipinski definition) is 9. The summed E-state index contributed by atoms with van der Waals surface area (Å²) in [5, 5.41) is 47.6. The fourth-order valence-electron chi connectivity index (χ4n) is 11.5. The molecule has 3 aromatic rings. The number of aliphatic hydroxyl groups excluding tert-OH is 3. The first-order valence-electron chi connectivity index (χ1n) is 29.4. The third-order valence-corrected chi connectivity index (χ3v) is 18.0. The van der Waals surface area contributed by atoms with Crippen LogP contribution in [0.4, 0.5) is 11.5 Å². The molecule has 2 aromatic heterocycles. The van der Waals surface area contributed by atoms with Crippen molar-refractivity contribution in [3.63, 3.8) is 0 Å². The molecular formula is C58H91IN11O10+. The van der Waals surface area contributed by atoms with Gasteiger partial charge in [0.2, 0.25) is 29.5 Å². The molecule has 0 aliphatic carbocycles. The Hall–Kier alpha value is -4.88. The van der Waals surface area contributed by atoms with Crippen molar-refractivity contribution in [3.8, 4) is 0 Å². The van der Waals surface area contributed by atoms with Gasteiger partial charge in [0.1, 0.15) is 54.6 Å². The van der Waals surface area contributed by atoms with Gasteiger partial charge in [0, 0.05) is 40.5 Å². The number of unbranched alkanes of at least 4 members (excludes halogenated alkanes) is 3. The monoisotopic (exact) mass is 1230 g/mol. The number of H-pyrrole nitrogens is 1. The molecule has 6 rings (SSSR count). The largest absolute Gasteiger partial charge is 0.394 e. The smallest absolute Gasteiger partial charge is 0.275 e. The number of anilines is 2. The number of fused-ring (bicyclic) bond motifs is 1. The molecule has 444 valence electrons. The zero-order valence-corrected chi connectivity index (χ0v) is 50.6. The molecule has 3 aliphatic heterocycles. The minimum absolute atomic E-state index is 0.0698. The van der Waals surface area contributed by atoms with Gasteiger partial charge < -0.3 is 56.1 Å². The zero-order valence-electron chi connectivity index (χ0n) is 48.4. The molecule has 80 heavy (non-hydrogen) atoms. The van der Waals surface area contributed by atoms with Crippen LogP contribution < -0.4 is 26.6 Å². The number of rotatable bonds is 30. The van der Waals surface area contributed by atoms with Crippen LogP contribution in [0.3, 0.4) is 0 Å². The number of aliphatic hydroxyl groups is 3. The van der Waals surface area contributed by atoms with E-state index in [0.29, 0.717) is 45.5 Å². The SMILES string of the molecule is CCCCCCC(C)Cc1nc2ncnc(N[C@H]3O[C@@H](CO)[C@H](NC(=O)C[N+]4(Cc5ccc(NC(=O)[C@H](C)NC(=O)[C@@H](NC(=O)CCN6C(=O)CC(C(C)(I)CCC(CC)CC)C6=O)C(C)C)cc5)CCCCC4)[C@@H](O)[C@@H]3O)c2[nH]1. The van der Waals surface area contributed by atoms with Gasteiger partial charge in [-0.15, -0.1) is 0 Å². The van der Waals surface area contributed by atoms with Gasteiger partial charge >= 0.3 is 0 Å². The van der Waals surface area contributed by atoms with Gasteiger partial charge in [-0.1, -0.05) is 121 Å². The molecule has 3 unspecified atom stereocenters. The number of amides is 6. The van der Waals surface area contributed by atoms with Crippen LogP contribution in [0.5, 0.6) is 0 Å². The number of aromatic nitrogens is 4. The Kier molecular flexibility index (Phi) is 24.0. The first-order chi connectivity index (χ1) is 38.1. The second-order valence-corrected chi connectivity index (χ2v) is 26.0. The summed E-state index contributed by atoms with van der Waals surface area (Å²) in [5.41, 5.74) is 2.38. The minimum atomic E-state index is -1.51. The Balaban J connectivity index is 0.981. The van der Waals surface area contributed by atoms with Crippen molar-refractivity contribution in [2.24, 2.45) is 23.7 Å². The highest BCUT2D eigenvalue weighted by molar-refractivity contribution is 14.1. The lowest BCUT2D eigenvalue weighted by atomic mass is 9.85. The van der Waals surface area contributed by atoms with Crippen molar-refractivity contribution in [3.05, 3.63) is 42.0 Å². The lowest BCUT2D eigenvalue weighted by Gasteiger charge is -2.44. The molecule has 3 fully saturated rings. The van der Waals surface area contributed by atoms with Gasteiger partial charge in [0.25, 0.3) is 5.91 Å². The maximum absolute atomic E-state index is 14.0. The molecule has 0 bridgehead atoms. The number of likely N-dealkylation sites (tertiary alicyclic amines) is 2. The summed E-state index contributed by atoms with van der Waals surface area (Å²) in [6, 6.07) is 4.20. The maximum atomic E-state index is 14.0. The average Bonchev–Trinajstić information content (AvgIpc) is 3.97. The van der Waals surface area contributed by atoms with Crippen molar-refractivity contribution in [2.45, 2.75) is 204 Å². The summed E-state index contributed by atoms with van der Waals surface area (Å²) in [7, 11) is 0. The number of halogens is 1. The maximum Gasteiger partial charge on any atom is 0.275 e. The quantitative estimate of drug-likeness (QED) is 0.0125. The number of hydrogen-bond acceptors (Lipinski definition) is 14. The van der Waals surface area contributed by atoms with E-state index in [-0.39, 0.29) is 49.6 Å². The van der Waals surface area contributed by atoms with Gasteiger partial charge in [0.05, 0.1) is 31.7 Å². The number of alkyl halides is 1.